The third-order valence-electron chi connectivity index (χ3n) is 3.58. The molecule has 0 bridgehead atoms. The molecule has 0 radical (unpaired) electrons. The molecule has 0 spiro atoms. The minimum absolute atomic E-state index is 0.197. The Morgan fingerprint density at radius 1 is 0.609 bits per heavy atom. The molecule has 140 valence electrons. The molecule has 0 aliphatic heterocycles. The van der Waals surface area contributed by atoms with Gasteiger partial charge in [0.25, 0.3) is 0 Å². The summed E-state index contributed by atoms with van der Waals surface area (Å²) >= 11 is 0. The summed E-state index contributed by atoms with van der Waals surface area (Å²) in [6.45, 7) is 11.2. The molecule has 11 heteroatoms. The van der Waals surface area contributed by atoms with Crippen molar-refractivity contribution >= 4 is 15.2 Å². The van der Waals surface area contributed by atoms with Crippen molar-refractivity contribution in [2.75, 3.05) is 58.4 Å². The first-order valence-corrected chi connectivity index (χ1v) is 11.4. The van der Waals surface area contributed by atoms with E-state index in [0.717, 1.165) is 37.6 Å². The minimum Gasteiger partial charge on any atom is -0.324 e. The Bertz CT molecular complexity index is 386. The largest absolute Gasteiger partial charge is 0.339 e. The van der Waals surface area contributed by atoms with E-state index >= 15 is 0 Å². The van der Waals surface area contributed by atoms with Crippen molar-refractivity contribution in [3.63, 3.8) is 0 Å². The average Bonchev–Trinajstić information content (AvgIpc) is 2.39. The first kappa shape index (κ1) is 23.2. The monoisotopic (exact) mass is 375 g/mol. The predicted octanol–water partition coefficient (Wildman–Crippen LogP) is 0.223. The highest BCUT2D eigenvalue weighted by atomic mass is 31.2. The summed E-state index contributed by atoms with van der Waals surface area (Å²) in [4.78, 5) is 41.7. The Balaban J connectivity index is 4.54. The van der Waals surface area contributed by atoms with E-state index in [0.29, 0.717) is 6.54 Å². The molecule has 9 nitrogen and oxygen atoms in total. The molecule has 4 N–H and O–H groups in total. The van der Waals surface area contributed by atoms with Gasteiger partial charge in [-0.15, -0.1) is 0 Å². The summed E-state index contributed by atoms with van der Waals surface area (Å²) in [6, 6.07) is 0. The van der Waals surface area contributed by atoms with E-state index in [-0.39, 0.29) is 6.54 Å². The first-order valence-electron chi connectivity index (χ1n) is 7.76. The summed E-state index contributed by atoms with van der Waals surface area (Å²) in [5.74, 6) is 0. The highest BCUT2D eigenvalue weighted by Gasteiger charge is 2.25. The minimum atomic E-state index is -4.36. The van der Waals surface area contributed by atoms with Gasteiger partial charge in [0.15, 0.2) is 0 Å². The summed E-state index contributed by atoms with van der Waals surface area (Å²) in [5, 5.41) is 0. The van der Waals surface area contributed by atoms with Crippen LogP contribution in [-0.2, 0) is 9.13 Å². The Morgan fingerprint density at radius 3 is 1.22 bits per heavy atom. The van der Waals surface area contributed by atoms with Gasteiger partial charge in [-0.2, -0.15) is 0 Å². The molecule has 0 rings (SSSR count). The zero-order chi connectivity index (χ0) is 18.1. The second-order valence-electron chi connectivity index (χ2n) is 5.47. The third kappa shape index (κ3) is 13.2. The number of rotatable bonds is 13. The smallest absolute Gasteiger partial charge is 0.324 e. The molecule has 0 atom stereocenters. The lowest BCUT2D eigenvalue weighted by Crippen LogP contribution is -2.40. The third-order valence-corrected chi connectivity index (χ3v) is 5.11. The first-order chi connectivity index (χ1) is 10.5. The highest BCUT2D eigenvalue weighted by molar-refractivity contribution is 7.52. The molecule has 0 fully saturated rings. The molecular weight excluding hydrogens is 344 g/mol. The van der Waals surface area contributed by atoms with Crippen LogP contribution in [0.15, 0.2) is 0 Å². The topological polar surface area (TPSA) is 125 Å². The van der Waals surface area contributed by atoms with Crippen LogP contribution in [0.1, 0.15) is 20.8 Å². The average molecular weight is 375 g/mol. The fourth-order valence-corrected chi connectivity index (χ4v) is 3.92. The van der Waals surface area contributed by atoms with Crippen LogP contribution in [0.2, 0.25) is 0 Å². The molecule has 0 aliphatic carbocycles. The van der Waals surface area contributed by atoms with Crippen LogP contribution < -0.4 is 0 Å². The van der Waals surface area contributed by atoms with Gasteiger partial charge in [-0.3, -0.25) is 14.0 Å². The molecule has 0 saturated carbocycles. The maximum absolute atomic E-state index is 11.1. The van der Waals surface area contributed by atoms with Gasteiger partial charge in [0.05, 0.1) is 0 Å². The van der Waals surface area contributed by atoms with E-state index < -0.39 is 27.8 Å². The van der Waals surface area contributed by atoms with Crippen molar-refractivity contribution in [2.24, 2.45) is 0 Å². The zero-order valence-electron chi connectivity index (χ0n) is 14.2. The number of nitrogens with zero attached hydrogens (tertiary/aromatic N) is 3. The van der Waals surface area contributed by atoms with Gasteiger partial charge >= 0.3 is 15.2 Å². The summed E-state index contributed by atoms with van der Waals surface area (Å²) < 4.78 is 22.2. The normalized spacial score (nSPS) is 13.5. The number of hydrogen-bond acceptors (Lipinski definition) is 5. The fraction of sp³-hybridized carbons (Fsp3) is 1.00. The molecule has 0 saturated heterocycles. The van der Waals surface area contributed by atoms with Crippen LogP contribution in [-0.4, -0.2) is 92.7 Å². The van der Waals surface area contributed by atoms with E-state index in [4.69, 9.17) is 19.6 Å². The molecule has 0 amide bonds. The van der Waals surface area contributed by atoms with Crippen LogP contribution in [0.25, 0.3) is 0 Å². The summed E-state index contributed by atoms with van der Waals surface area (Å²) in [7, 11) is -8.72. The van der Waals surface area contributed by atoms with E-state index in [1.807, 2.05) is 6.92 Å². The Labute approximate surface area is 138 Å². The van der Waals surface area contributed by atoms with Gasteiger partial charge in [-0.25, -0.2) is 0 Å². The Morgan fingerprint density at radius 2 is 0.913 bits per heavy atom. The van der Waals surface area contributed by atoms with Crippen LogP contribution in [0.4, 0.5) is 0 Å². The SMILES string of the molecule is CCN(CC)CCN(CC)CCN(CP(=O)(O)O)CP(=O)(O)O. The van der Waals surface area contributed by atoms with Crippen molar-refractivity contribution in [1.82, 2.24) is 14.7 Å². The van der Waals surface area contributed by atoms with Gasteiger partial charge in [0, 0.05) is 26.2 Å². The van der Waals surface area contributed by atoms with Crippen LogP contribution in [0, 0.1) is 0 Å². The van der Waals surface area contributed by atoms with E-state index in [9.17, 15) is 9.13 Å². The van der Waals surface area contributed by atoms with Crippen molar-refractivity contribution < 1.29 is 28.7 Å². The Hall–Kier alpha value is 0.180. The van der Waals surface area contributed by atoms with E-state index in [1.165, 1.54) is 0 Å². The van der Waals surface area contributed by atoms with Crippen molar-refractivity contribution in [2.45, 2.75) is 20.8 Å². The van der Waals surface area contributed by atoms with Crippen molar-refractivity contribution in [3.05, 3.63) is 0 Å². The number of hydrogen-bond donors (Lipinski definition) is 4. The van der Waals surface area contributed by atoms with Gasteiger partial charge in [-0.05, 0) is 19.6 Å². The van der Waals surface area contributed by atoms with Crippen LogP contribution in [0.3, 0.4) is 0 Å². The second-order valence-corrected chi connectivity index (χ2v) is 8.69. The van der Waals surface area contributed by atoms with Gasteiger partial charge < -0.3 is 29.4 Å². The molecule has 0 aromatic rings. The number of likely N-dealkylation sites (N-methyl/N-ethyl adjacent to an activating group) is 2. The lowest BCUT2D eigenvalue weighted by Gasteiger charge is -2.28. The zero-order valence-corrected chi connectivity index (χ0v) is 16.0. The molecule has 0 aliphatic rings. The molecule has 0 unspecified atom stereocenters. The van der Waals surface area contributed by atoms with E-state index in [1.54, 1.807) is 0 Å². The quantitative estimate of drug-likeness (QED) is 0.335. The maximum Gasteiger partial charge on any atom is 0.339 e. The maximum atomic E-state index is 11.1. The van der Waals surface area contributed by atoms with Crippen molar-refractivity contribution in [1.29, 1.82) is 0 Å². The molecule has 23 heavy (non-hydrogen) atoms. The summed E-state index contributed by atoms with van der Waals surface area (Å²) in [6.07, 6.45) is -1.29. The molecular formula is C12H31N3O6P2. The predicted molar refractivity (Wildman–Crippen MR) is 90.4 cm³/mol. The lowest BCUT2D eigenvalue weighted by atomic mass is 10.4. The Kier molecular flexibility index (Phi) is 11.0. The lowest BCUT2D eigenvalue weighted by molar-refractivity contribution is 0.194. The van der Waals surface area contributed by atoms with Gasteiger partial charge in [0.1, 0.15) is 12.6 Å². The fourth-order valence-electron chi connectivity index (χ4n) is 2.24. The van der Waals surface area contributed by atoms with Gasteiger partial charge in [0.2, 0.25) is 0 Å². The molecule has 0 aromatic carbocycles. The summed E-state index contributed by atoms with van der Waals surface area (Å²) in [5.41, 5.74) is 0. The van der Waals surface area contributed by atoms with Crippen LogP contribution >= 0.6 is 15.2 Å². The highest BCUT2D eigenvalue weighted by Crippen LogP contribution is 2.40. The van der Waals surface area contributed by atoms with Gasteiger partial charge in [-0.1, -0.05) is 20.8 Å². The van der Waals surface area contributed by atoms with Crippen LogP contribution in [0.5, 0.6) is 0 Å². The molecule has 0 heterocycles. The van der Waals surface area contributed by atoms with Crippen molar-refractivity contribution in [3.8, 4) is 0 Å². The van der Waals surface area contributed by atoms with E-state index in [2.05, 4.69) is 23.6 Å². The molecule has 0 aromatic heterocycles. The standard InChI is InChI=1S/C12H31N3O6P2/c1-4-13(5-2)7-8-14(6-3)9-10-15(11-22(16,17)18)12-23(19,20)21/h4-12H2,1-3H3,(H2,16,17,18)(H2,19,20,21). The second kappa shape index (κ2) is 10.9.